The van der Waals surface area contributed by atoms with Gasteiger partial charge in [-0.05, 0) is 43.0 Å². The number of nitrogens with zero attached hydrogens (tertiary/aromatic N) is 5. The van der Waals surface area contributed by atoms with Gasteiger partial charge >= 0.3 is 0 Å². The zero-order valence-electron chi connectivity index (χ0n) is 16.8. The predicted octanol–water partition coefficient (Wildman–Crippen LogP) is 3.78. The van der Waals surface area contributed by atoms with E-state index in [2.05, 4.69) is 20.4 Å². The van der Waals surface area contributed by atoms with Gasteiger partial charge in [0.05, 0.1) is 18.7 Å². The first-order chi connectivity index (χ1) is 14.1. The van der Waals surface area contributed by atoms with Crippen molar-refractivity contribution in [3.63, 3.8) is 0 Å². The van der Waals surface area contributed by atoms with Crippen LogP contribution in [0.5, 0.6) is 0 Å². The molecule has 1 aromatic carbocycles. The number of nitrogens with one attached hydrogen (secondary N) is 1. The molecule has 2 aromatic heterocycles. The molecular formula is C21H26N6O2. The molecular weight excluding hydrogens is 368 g/mol. The van der Waals surface area contributed by atoms with Crippen LogP contribution in [-0.2, 0) is 11.4 Å². The smallest absolute Gasteiger partial charge is 0.277 e. The average Bonchev–Trinajstić information content (AvgIpc) is 3.16. The highest BCUT2D eigenvalue weighted by molar-refractivity contribution is 5.93. The van der Waals surface area contributed by atoms with Gasteiger partial charge < -0.3 is 5.32 Å². The molecule has 0 unspecified atom stereocenters. The number of anilines is 2. The molecule has 8 nitrogen and oxygen atoms in total. The van der Waals surface area contributed by atoms with E-state index in [1.807, 2.05) is 23.0 Å². The Labute approximate surface area is 169 Å². The minimum Gasteiger partial charge on any atom is -0.324 e. The van der Waals surface area contributed by atoms with Crippen molar-refractivity contribution in [2.75, 3.05) is 19.5 Å². The second-order valence-electron chi connectivity index (χ2n) is 7.49. The third-order valence-corrected chi connectivity index (χ3v) is 5.48. The van der Waals surface area contributed by atoms with Crippen LogP contribution < -0.4 is 5.32 Å². The van der Waals surface area contributed by atoms with Crippen LogP contribution in [0.25, 0.3) is 11.0 Å². The van der Waals surface area contributed by atoms with Crippen LogP contribution in [0, 0.1) is 5.92 Å². The zero-order valence-corrected chi connectivity index (χ0v) is 16.8. The van der Waals surface area contributed by atoms with Gasteiger partial charge in [0, 0.05) is 31.0 Å². The summed E-state index contributed by atoms with van der Waals surface area (Å²) in [5, 5.41) is 9.86. The van der Waals surface area contributed by atoms with Crippen molar-refractivity contribution >= 4 is 28.6 Å². The highest BCUT2D eigenvalue weighted by atomic mass is 16.7. The Hall–Kier alpha value is -3.00. The maximum Gasteiger partial charge on any atom is 0.277 e. The molecule has 0 saturated heterocycles. The standard InChI is InChI=1S/C21H26N6O2/c1-26(29-2)20(28)16-8-10-18(11-9-16)24-21-22-12-17-13-23-27(19(17)25-21)14-15-6-4-3-5-7-15/h8-13,15H,3-7,14H2,1-2H3,(H,22,24,25). The van der Waals surface area contributed by atoms with Crippen molar-refractivity contribution in [2.45, 2.75) is 38.6 Å². The predicted molar refractivity (Wildman–Crippen MR) is 111 cm³/mol. The van der Waals surface area contributed by atoms with E-state index in [1.165, 1.54) is 44.3 Å². The molecule has 0 aliphatic heterocycles. The molecule has 152 valence electrons. The summed E-state index contributed by atoms with van der Waals surface area (Å²) in [4.78, 5) is 26.1. The van der Waals surface area contributed by atoms with E-state index in [9.17, 15) is 4.79 Å². The van der Waals surface area contributed by atoms with Crippen LogP contribution in [0.2, 0.25) is 0 Å². The Morgan fingerprint density at radius 1 is 1.21 bits per heavy atom. The second kappa shape index (κ2) is 8.57. The quantitative estimate of drug-likeness (QED) is 0.641. The minimum atomic E-state index is -0.205. The molecule has 0 atom stereocenters. The Bertz CT molecular complexity index is 979. The van der Waals surface area contributed by atoms with Gasteiger partial charge in [-0.25, -0.2) is 14.7 Å². The van der Waals surface area contributed by atoms with Crippen molar-refractivity contribution in [1.29, 1.82) is 0 Å². The number of fused-ring (bicyclic) bond motifs is 1. The zero-order chi connectivity index (χ0) is 20.2. The number of hydrogen-bond donors (Lipinski definition) is 1. The number of hydrogen-bond acceptors (Lipinski definition) is 6. The van der Waals surface area contributed by atoms with Crippen molar-refractivity contribution in [2.24, 2.45) is 5.92 Å². The topological polar surface area (TPSA) is 85.2 Å². The first-order valence-corrected chi connectivity index (χ1v) is 10.0. The van der Waals surface area contributed by atoms with E-state index < -0.39 is 0 Å². The summed E-state index contributed by atoms with van der Waals surface area (Å²) in [6.45, 7) is 0.907. The van der Waals surface area contributed by atoms with Gasteiger partial charge in [-0.15, -0.1) is 0 Å². The summed E-state index contributed by atoms with van der Waals surface area (Å²) in [5.74, 6) is 0.979. The summed E-state index contributed by atoms with van der Waals surface area (Å²) in [5.41, 5.74) is 2.20. The molecule has 1 amide bonds. The maximum atomic E-state index is 12.1. The molecule has 0 bridgehead atoms. The lowest BCUT2D eigenvalue weighted by Crippen LogP contribution is -2.25. The number of aromatic nitrogens is 4. The number of carbonyl (C=O) groups excluding carboxylic acids is 1. The molecule has 8 heteroatoms. The molecule has 2 heterocycles. The minimum absolute atomic E-state index is 0.205. The molecule has 29 heavy (non-hydrogen) atoms. The largest absolute Gasteiger partial charge is 0.324 e. The summed E-state index contributed by atoms with van der Waals surface area (Å²) >= 11 is 0. The fourth-order valence-electron chi connectivity index (χ4n) is 3.76. The second-order valence-corrected chi connectivity index (χ2v) is 7.49. The Kier molecular flexibility index (Phi) is 5.71. The lowest BCUT2D eigenvalue weighted by atomic mass is 9.89. The van der Waals surface area contributed by atoms with E-state index in [-0.39, 0.29) is 5.91 Å². The van der Waals surface area contributed by atoms with Crippen molar-refractivity contribution < 1.29 is 9.63 Å². The van der Waals surface area contributed by atoms with Gasteiger partial charge in [-0.2, -0.15) is 10.1 Å². The fourth-order valence-corrected chi connectivity index (χ4v) is 3.76. The average molecular weight is 394 g/mol. The van der Waals surface area contributed by atoms with Gasteiger partial charge in [-0.3, -0.25) is 9.63 Å². The summed E-state index contributed by atoms with van der Waals surface area (Å²) in [6, 6.07) is 7.13. The fraction of sp³-hybridized carbons (Fsp3) is 0.429. The number of carbonyl (C=O) groups is 1. The molecule has 1 aliphatic rings. The molecule has 1 saturated carbocycles. The number of amides is 1. The molecule has 1 fully saturated rings. The van der Waals surface area contributed by atoms with Crippen LogP contribution in [-0.4, -0.2) is 44.9 Å². The normalized spacial score (nSPS) is 14.8. The maximum absolute atomic E-state index is 12.1. The van der Waals surface area contributed by atoms with Gasteiger partial charge in [0.1, 0.15) is 0 Å². The first kappa shape index (κ1) is 19.3. The SMILES string of the molecule is CON(C)C(=O)c1ccc(Nc2ncc3cnn(CC4CCCCC4)c3n2)cc1. The van der Waals surface area contributed by atoms with Crippen LogP contribution in [0.1, 0.15) is 42.5 Å². The Morgan fingerprint density at radius 3 is 2.69 bits per heavy atom. The summed E-state index contributed by atoms with van der Waals surface area (Å²) in [7, 11) is 3.04. The lowest BCUT2D eigenvalue weighted by Gasteiger charge is -2.21. The van der Waals surface area contributed by atoms with E-state index in [1.54, 1.807) is 25.4 Å². The highest BCUT2D eigenvalue weighted by Crippen LogP contribution is 2.26. The van der Waals surface area contributed by atoms with Crippen LogP contribution in [0.4, 0.5) is 11.6 Å². The first-order valence-electron chi connectivity index (χ1n) is 10.0. The van der Waals surface area contributed by atoms with Gasteiger partial charge in [0.15, 0.2) is 5.65 Å². The molecule has 1 aliphatic carbocycles. The van der Waals surface area contributed by atoms with Crippen LogP contribution in [0.3, 0.4) is 0 Å². The number of rotatable bonds is 6. The van der Waals surface area contributed by atoms with E-state index in [0.29, 0.717) is 17.4 Å². The van der Waals surface area contributed by atoms with Gasteiger partial charge in [0.25, 0.3) is 5.91 Å². The summed E-state index contributed by atoms with van der Waals surface area (Å²) in [6.07, 6.45) is 10.1. The van der Waals surface area contributed by atoms with Gasteiger partial charge in [0.2, 0.25) is 5.95 Å². The lowest BCUT2D eigenvalue weighted by molar-refractivity contribution is -0.0756. The molecule has 3 aromatic rings. The summed E-state index contributed by atoms with van der Waals surface area (Å²) < 4.78 is 2.00. The third kappa shape index (κ3) is 4.37. The van der Waals surface area contributed by atoms with Gasteiger partial charge in [-0.1, -0.05) is 19.3 Å². The molecule has 1 N–H and O–H groups in total. The monoisotopic (exact) mass is 394 g/mol. The van der Waals surface area contributed by atoms with Crippen LogP contribution >= 0.6 is 0 Å². The molecule has 0 radical (unpaired) electrons. The highest BCUT2D eigenvalue weighted by Gasteiger charge is 2.16. The van der Waals surface area contributed by atoms with Crippen LogP contribution in [0.15, 0.2) is 36.7 Å². The third-order valence-electron chi connectivity index (χ3n) is 5.48. The van der Waals surface area contributed by atoms with E-state index in [4.69, 9.17) is 4.84 Å². The Balaban J connectivity index is 1.49. The van der Waals surface area contributed by atoms with Crippen molar-refractivity contribution in [3.8, 4) is 0 Å². The van der Waals surface area contributed by atoms with Crippen molar-refractivity contribution in [3.05, 3.63) is 42.2 Å². The molecule has 0 spiro atoms. The van der Waals surface area contributed by atoms with E-state index >= 15 is 0 Å². The number of benzene rings is 1. The van der Waals surface area contributed by atoms with Crippen molar-refractivity contribution in [1.82, 2.24) is 24.8 Å². The number of hydroxylamine groups is 2. The Morgan fingerprint density at radius 2 is 1.97 bits per heavy atom. The molecule has 4 rings (SSSR count). The van der Waals surface area contributed by atoms with E-state index in [0.717, 1.165) is 23.3 Å².